The first-order chi connectivity index (χ1) is 18.9. The topological polar surface area (TPSA) is 92.7 Å². The van der Waals surface area contributed by atoms with Crippen LogP contribution in [0.4, 0.5) is 4.79 Å². The number of hydrogen-bond donors (Lipinski definition) is 2. The number of carbonyl (C=O) groups is 3. The van der Waals surface area contributed by atoms with E-state index in [0.29, 0.717) is 18.4 Å². The zero-order chi connectivity index (χ0) is 29.1. The molecule has 4 aliphatic rings. The van der Waals surface area contributed by atoms with Crippen LogP contribution in [0.25, 0.3) is 0 Å². The van der Waals surface area contributed by atoms with Gasteiger partial charge in [-0.3, -0.25) is 9.59 Å². The summed E-state index contributed by atoms with van der Waals surface area (Å²) in [6.45, 7) is 12.7. The highest BCUT2D eigenvalue weighted by Gasteiger charge is 2.59. The number of aliphatic carboxylic acids is 1. The minimum Gasteiger partial charge on any atom is -0.481 e. The Kier molecular flexibility index (Phi) is 10.1. The molecule has 40 heavy (non-hydrogen) atoms. The van der Waals surface area contributed by atoms with Gasteiger partial charge in [0.25, 0.3) is 0 Å². The highest BCUT2D eigenvalue weighted by Crippen LogP contribution is 2.67. The zero-order valence-electron chi connectivity index (χ0n) is 25.8. The van der Waals surface area contributed by atoms with Crippen LogP contribution in [0, 0.1) is 46.3 Å². The Hall–Kier alpha value is -1.85. The average molecular weight is 558 g/mol. The maximum Gasteiger partial charge on any atom is 0.407 e. The van der Waals surface area contributed by atoms with Gasteiger partial charge in [-0.25, -0.2) is 4.79 Å². The summed E-state index contributed by atoms with van der Waals surface area (Å²) in [5, 5.41) is 11.4. The van der Waals surface area contributed by atoms with Crippen molar-refractivity contribution in [3.8, 4) is 0 Å². The number of carboxylic acid groups (broad SMARTS) is 1. The number of allylic oxidation sites excluding steroid dienone is 1. The molecule has 0 spiro atoms. The molecule has 0 aromatic carbocycles. The summed E-state index contributed by atoms with van der Waals surface area (Å²) in [4.78, 5) is 34.6. The van der Waals surface area contributed by atoms with E-state index >= 15 is 0 Å². The monoisotopic (exact) mass is 557 g/mol. The van der Waals surface area contributed by atoms with Crippen LogP contribution in [-0.4, -0.2) is 35.6 Å². The molecule has 1 amide bonds. The van der Waals surface area contributed by atoms with E-state index in [1.54, 1.807) is 0 Å². The second-order valence-electron chi connectivity index (χ2n) is 14.7. The van der Waals surface area contributed by atoms with Gasteiger partial charge in [-0.05, 0) is 97.7 Å². The third-order valence-corrected chi connectivity index (χ3v) is 11.8. The quantitative estimate of drug-likeness (QED) is 0.144. The van der Waals surface area contributed by atoms with E-state index in [4.69, 9.17) is 9.84 Å². The van der Waals surface area contributed by atoms with E-state index in [-0.39, 0.29) is 23.7 Å². The zero-order valence-corrected chi connectivity index (χ0v) is 25.8. The molecule has 4 rings (SSSR count). The van der Waals surface area contributed by atoms with Crippen LogP contribution in [0.2, 0.25) is 0 Å². The van der Waals surface area contributed by atoms with Crippen molar-refractivity contribution in [2.45, 2.75) is 131 Å². The largest absolute Gasteiger partial charge is 0.481 e. The maximum atomic E-state index is 12.4. The highest BCUT2D eigenvalue weighted by molar-refractivity contribution is 5.94. The number of rotatable bonds is 12. The van der Waals surface area contributed by atoms with Crippen molar-refractivity contribution in [3.05, 3.63) is 11.6 Å². The predicted octanol–water partition coefficient (Wildman–Crippen LogP) is 7.95. The van der Waals surface area contributed by atoms with Gasteiger partial charge in [0.1, 0.15) is 18.3 Å². The minimum atomic E-state index is -1.11. The average Bonchev–Trinajstić information content (AvgIpc) is 3.23. The second kappa shape index (κ2) is 13.0. The summed E-state index contributed by atoms with van der Waals surface area (Å²) >= 11 is 0. The molecule has 6 nitrogen and oxygen atoms in total. The Morgan fingerprint density at radius 3 is 2.52 bits per heavy atom. The van der Waals surface area contributed by atoms with E-state index in [2.05, 4.69) is 46.0 Å². The molecule has 0 heterocycles. The molecular formula is C34H55NO5. The molecule has 226 valence electrons. The van der Waals surface area contributed by atoms with Crippen molar-refractivity contribution in [2.24, 2.45) is 46.3 Å². The van der Waals surface area contributed by atoms with Gasteiger partial charge in [0.2, 0.25) is 0 Å². The van der Waals surface area contributed by atoms with Crippen LogP contribution in [0.15, 0.2) is 11.6 Å². The number of ether oxygens (including phenoxy) is 1. The van der Waals surface area contributed by atoms with Crippen LogP contribution < -0.4 is 5.32 Å². The number of ketones is 1. The molecule has 0 aliphatic heterocycles. The number of fused-ring (bicyclic) bond motifs is 5. The van der Waals surface area contributed by atoms with E-state index < -0.39 is 18.5 Å². The molecule has 3 fully saturated rings. The third-order valence-electron chi connectivity index (χ3n) is 11.8. The van der Waals surface area contributed by atoms with Crippen molar-refractivity contribution in [2.75, 3.05) is 6.54 Å². The molecule has 6 heteroatoms. The number of carboxylic acids is 1. The first-order valence-electron chi connectivity index (χ1n) is 16.3. The summed E-state index contributed by atoms with van der Waals surface area (Å²) in [5.41, 5.74) is 2.24. The summed E-state index contributed by atoms with van der Waals surface area (Å²) in [5.74, 6) is 3.48. The highest BCUT2D eigenvalue weighted by atomic mass is 16.6. The molecule has 0 aromatic rings. The Morgan fingerprint density at radius 2 is 1.80 bits per heavy atom. The van der Waals surface area contributed by atoms with Crippen molar-refractivity contribution < 1.29 is 24.2 Å². The number of alkyl carbamates (subject to hydrolysis) is 1. The number of nitrogens with one attached hydrogen (secondary N) is 1. The molecule has 2 N–H and O–H groups in total. The third kappa shape index (κ3) is 6.78. The van der Waals surface area contributed by atoms with E-state index in [1.807, 2.05) is 0 Å². The van der Waals surface area contributed by atoms with E-state index in [0.717, 1.165) is 54.8 Å². The minimum absolute atomic E-state index is 0.0964. The summed E-state index contributed by atoms with van der Waals surface area (Å²) < 4.78 is 5.80. The number of hydrogen-bond acceptors (Lipinski definition) is 4. The molecule has 0 saturated heterocycles. The smallest absolute Gasteiger partial charge is 0.407 e. The van der Waals surface area contributed by atoms with Crippen LogP contribution in [0.5, 0.6) is 0 Å². The van der Waals surface area contributed by atoms with Gasteiger partial charge in [0, 0.05) is 19.4 Å². The van der Waals surface area contributed by atoms with Gasteiger partial charge < -0.3 is 15.2 Å². The van der Waals surface area contributed by atoms with E-state index in [9.17, 15) is 14.4 Å². The molecule has 0 aromatic heterocycles. The Bertz CT molecular complexity index is 958. The van der Waals surface area contributed by atoms with Gasteiger partial charge >= 0.3 is 12.1 Å². The number of carbonyl (C=O) groups excluding carboxylic acids is 2. The molecule has 0 bridgehead atoms. The predicted molar refractivity (Wildman–Crippen MR) is 158 cm³/mol. The first-order valence-corrected chi connectivity index (χ1v) is 16.3. The summed E-state index contributed by atoms with van der Waals surface area (Å²) in [6.07, 6.45) is 15.8. The molecule has 3 saturated carbocycles. The fourth-order valence-corrected chi connectivity index (χ4v) is 9.68. The van der Waals surface area contributed by atoms with Crippen LogP contribution in [-0.2, 0) is 14.3 Å². The Balaban J connectivity index is 1.29. The second-order valence-corrected chi connectivity index (χ2v) is 14.7. The molecular weight excluding hydrogens is 502 g/mol. The first kappa shape index (κ1) is 31.1. The standard InChI is InChI=1S/C34H55NO5/c1-22(2)8-6-9-23(3)28-13-14-29-27-12-11-24-20-26(15-17-33(24,4)30(27)16-18-34(28,29)5)40-32(39)35-19-7-10-25(36)21-31(37)38/h11,22-23,26-30H,6-10,12-21H2,1-5H3,(H,35,39)(H,37,38)/t23-,26?,27+,28-,29+,30+,33+,34-/m1/s1. The van der Waals surface area contributed by atoms with Gasteiger partial charge in [-0.2, -0.15) is 0 Å². The van der Waals surface area contributed by atoms with Crippen molar-refractivity contribution in [1.82, 2.24) is 5.32 Å². The van der Waals surface area contributed by atoms with Crippen LogP contribution in [0.3, 0.4) is 0 Å². The lowest BCUT2D eigenvalue weighted by Crippen LogP contribution is -2.51. The summed E-state index contributed by atoms with van der Waals surface area (Å²) in [7, 11) is 0. The molecule has 4 aliphatic carbocycles. The molecule has 1 unspecified atom stereocenters. The Labute approximate surface area is 242 Å². The lowest BCUT2D eigenvalue weighted by molar-refractivity contribution is -0.140. The number of Topliss-reactive ketones (excluding diaryl/α,β-unsaturated/α-hetero) is 1. The van der Waals surface area contributed by atoms with Gasteiger partial charge in [-0.15, -0.1) is 0 Å². The maximum absolute atomic E-state index is 12.4. The fourth-order valence-electron chi connectivity index (χ4n) is 9.68. The van der Waals surface area contributed by atoms with Crippen molar-refractivity contribution in [1.29, 1.82) is 0 Å². The number of amides is 1. The van der Waals surface area contributed by atoms with E-state index in [1.165, 1.54) is 56.9 Å². The lowest BCUT2D eigenvalue weighted by Gasteiger charge is -2.58. The van der Waals surface area contributed by atoms with Crippen LogP contribution in [0.1, 0.15) is 125 Å². The van der Waals surface area contributed by atoms with Gasteiger partial charge in [-0.1, -0.05) is 65.5 Å². The summed E-state index contributed by atoms with van der Waals surface area (Å²) in [6, 6.07) is 0. The van der Waals surface area contributed by atoms with Crippen LogP contribution >= 0.6 is 0 Å². The Morgan fingerprint density at radius 1 is 1.02 bits per heavy atom. The lowest BCUT2D eigenvalue weighted by atomic mass is 9.47. The van der Waals surface area contributed by atoms with Crippen molar-refractivity contribution >= 4 is 17.8 Å². The van der Waals surface area contributed by atoms with Gasteiger partial charge in [0.15, 0.2) is 0 Å². The van der Waals surface area contributed by atoms with Crippen molar-refractivity contribution in [3.63, 3.8) is 0 Å². The molecule has 8 atom stereocenters. The SMILES string of the molecule is CC(C)CCC[C@@H](C)[C@H]1CC[C@H]2[C@@H]3CC=C4CC(OC(=O)NCCCC(=O)CC(=O)O)CC[C@]4(C)[C@H]3CC[C@]12C. The fraction of sp³-hybridized carbons (Fsp3) is 0.853. The van der Waals surface area contributed by atoms with Gasteiger partial charge in [0.05, 0.1) is 0 Å². The normalized spacial score (nSPS) is 35.6. The molecule has 0 radical (unpaired) electrons.